The molecule has 3 rings (SSSR count). The number of aromatic nitrogens is 3. The smallest absolute Gasteiger partial charge is 0.215 e. The second-order valence-corrected chi connectivity index (χ2v) is 3.65. The molecule has 0 spiro atoms. The molecule has 16 heavy (non-hydrogen) atoms. The van der Waals surface area contributed by atoms with E-state index < -0.39 is 0 Å². The number of hydrogen-bond acceptors (Lipinski definition) is 2. The molecule has 0 N–H and O–H groups in total. The van der Waals surface area contributed by atoms with Gasteiger partial charge < -0.3 is 4.57 Å². The number of aryl methyl sites for hydroxylation is 1. The minimum Gasteiger partial charge on any atom is -0.313 e. The molecule has 0 aliphatic carbocycles. The van der Waals surface area contributed by atoms with Crippen molar-refractivity contribution >= 4 is 23.1 Å². The van der Waals surface area contributed by atoms with E-state index in [0.29, 0.717) is 17.8 Å². The monoisotopic (exact) mass is 217 g/mol. The van der Waals surface area contributed by atoms with Crippen LogP contribution >= 0.6 is 0 Å². The lowest BCUT2D eigenvalue weighted by Crippen LogP contribution is -1.89. The van der Waals surface area contributed by atoms with Gasteiger partial charge in [0.2, 0.25) is 5.78 Å². The zero-order chi connectivity index (χ0) is 11.3. The van der Waals surface area contributed by atoms with Crippen molar-refractivity contribution in [2.24, 2.45) is 7.05 Å². The Labute approximate surface area is 89.9 Å². The first-order valence-electron chi connectivity index (χ1n) is 4.79. The second kappa shape index (κ2) is 2.91. The molecule has 0 atom stereocenters. The van der Waals surface area contributed by atoms with Crippen LogP contribution in [0.25, 0.3) is 16.8 Å². The summed E-state index contributed by atoms with van der Waals surface area (Å²) in [6.07, 6.45) is 2.34. The van der Waals surface area contributed by atoms with Gasteiger partial charge in [-0.25, -0.2) is 9.37 Å². The van der Waals surface area contributed by atoms with E-state index in [2.05, 4.69) is 4.98 Å². The van der Waals surface area contributed by atoms with Crippen LogP contribution in [0.1, 0.15) is 10.5 Å². The molecule has 0 aliphatic heterocycles. The van der Waals surface area contributed by atoms with Gasteiger partial charge in [0.25, 0.3) is 0 Å². The first kappa shape index (κ1) is 9.08. The molecule has 3 aromatic rings. The second-order valence-electron chi connectivity index (χ2n) is 3.65. The number of halogens is 1. The highest BCUT2D eigenvalue weighted by Gasteiger charge is 2.11. The summed E-state index contributed by atoms with van der Waals surface area (Å²) in [6.45, 7) is 0. The van der Waals surface area contributed by atoms with Crippen LogP contribution < -0.4 is 0 Å². The minimum atomic E-state index is -0.285. The summed E-state index contributed by atoms with van der Waals surface area (Å²) in [7, 11) is 1.79. The molecule has 0 amide bonds. The third kappa shape index (κ3) is 1.02. The van der Waals surface area contributed by atoms with E-state index in [1.54, 1.807) is 28.3 Å². The van der Waals surface area contributed by atoms with Crippen molar-refractivity contribution in [3.8, 4) is 0 Å². The number of nitrogens with zero attached hydrogens (tertiary/aromatic N) is 3. The molecule has 0 radical (unpaired) electrons. The number of hydrogen-bond donors (Lipinski definition) is 0. The van der Waals surface area contributed by atoms with Gasteiger partial charge in [-0.05, 0) is 18.2 Å². The Morgan fingerprint density at radius 1 is 1.38 bits per heavy atom. The van der Waals surface area contributed by atoms with Gasteiger partial charge >= 0.3 is 0 Å². The maximum atomic E-state index is 13.1. The van der Waals surface area contributed by atoms with Crippen molar-refractivity contribution < 1.29 is 9.18 Å². The third-order valence-electron chi connectivity index (χ3n) is 2.69. The van der Waals surface area contributed by atoms with Crippen LogP contribution in [0, 0.1) is 5.82 Å². The molecule has 5 heteroatoms. The Morgan fingerprint density at radius 2 is 2.19 bits per heavy atom. The molecule has 0 fully saturated rings. The highest BCUT2D eigenvalue weighted by Crippen LogP contribution is 2.20. The lowest BCUT2D eigenvalue weighted by Gasteiger charge is -1.94. The van der Waals surface area contributed by atoms with Gasteiger partial charge in [-0.15, -0.1) is 0 Å². The van der Waals surface area contributed by atoms with Gasteiger partial charge in [0.15, 0.2) is 6.29 Å². The molecule has 0 bridgehead atoms. The van der Waals surface area contributed by atoms with Gasteiger partial charge in [-0.1, -0.05) is 0 Å². The summed E-state index contributed by atoms with van der Waals surface area (Å²) in [6, 6.07) is 4.51. The average Bonchev–Trinajstić information content (AvgIpc) is 2.80. The summed E-state index contributed by atoms with van der Waals surface area (Å²) >= 11 is 0. The van der Waals surface area contributed by atoms with E-state index in [0.717, 1.165) is 11.0 Å². The summed E-state index contributed by atoms with van der Waals surface area (Å²) < 4.78 is 16.6. The summed E-state index contributed by atoms with van der Waals surface area (Å²) in [5.74, 6) is 0.342. The van der Waals surface area contributed by atoms with Crippen LogP contribution in [0.3, 0.4) is 0 Å². The molecule has 0 saturated carbocycles. The quantitative estimate of drug-likeness (QED) is 0.583. The van der Waals surface area contributed by atoms with Gasteiger partial charge in [-0.3, -0.25) is 9.20 Å². The summed E-state index contributed by atoms with van der Waals surface area (Å²) in [4.78, 5) is 14.8. The van der Waals surface area contributed by atoms with Crippen LogP contribution in [-0.4, -0.2) is 20.2 Å². The van der Waals surface area contributed by atoms with Crippen molar-refractivity contribution in [3.63, 3.8) is 0 Å². The third-order valence-corrected chi connectivity index (χ3v) is 2.69. The van der Waals surface area contributed by atoms with Crippen LogP contribution in [0.15, 0.2) is 24.4 Å². The van der Waals surface area contributed by atoms with E-state index in [1.807, 2.05) is 0 Å². The van der Waals surface area contributed by atoms with E-state index in [1.165, 1.54) is 12.1 Å². The maximum absolute atomic E-state index is 13.1. The molecular formula is C11H8FN3O. The standard InChI is InChI=1S/C11H8FN3O/c1-14-10-4-7(12)2-3-9(10)15-5-8(6-16)13-11(14)15/h2-6H,1H3. The highest BCUT2D eigenvalue weighted by atomic mass is 19.1. The number of imidazole rings is 2. The Hall–Kier alpha value is -2.17. The molecule has 2 aromatic heterocycles. The van der Waals surface area contributed by atoms with Crippen molar-refractivity contribution in [2.75, 3.05) is 0 Å². The lowest BCUT2D eigenvalue weighted by atomic mass is 10.3. The van der Waals surface area contributed by atoms with E-state index in [4.69, 9.17) is 0 Å². The van der Waals surface area contributed by atoms with Crippen LogP contribution in [0.2, 0.25) is 0 Å². The number of rotatable bonds is 1. The van der Waals surface area contributed by atoms with Crippen molar-refractivity contribution in [1.29, 1.82) is 0 Å². The molecule has 0 saturated heterocycles. The number of carbonyl (C=O) groups excluding carboxylic acids is 1. The molecule has 80 valence electrons. The normalized spacial score (nSPS) is 11.4. The molecule has 1 aromatic carbocycles. The predicted octanol–water partition coefficient (Wildman–Crippen LogP) is 1.78. The first-order chi connectivity index (χ1) is 7.70. The Bertz CT molecular complexity index is 711. The van der Waals surface area contributed by atoms with Crippen LogP contribution in [0.4, 0.5) is 4.39 Å². The van der Waals surface area contributed by atoms with Gasteiger partial charge in [0, 0.05) is 13.2 Å². The van der Waals surface area contributed by atoms with Gasteiger partial charge in [0.05, 0.1) is 11.0 Å². The highest BCUT2D eigenvalue weighted by molar-refractivity contribution is 5.83. The number of carbonyl (C=O) groups is 1. The van der Waals surface area contributed by atoms with E-state index >= 15 is 0 Å². The fourth-order valence-corrected chi connectivity index (χ4v) is 1.94. The fraction of sp³-hybridized carbons (Fsp3) is 0.0909. The van der Waals surface area contributed by atoms with Crippen molar-refractivity contribution in [1.82, 2.24) is 14.0 Å². The Morgan fingerprint density at radius 3 is 2.94 bits per heavy atom. The molecule has 0 unspecified atom stereocenters. The number of fused-ring (bicyclic) bond motifs is 3. The maximum Gasteiger partial charge on any atom is 0.215 e. The lowest BCUT2D eigenvalue weighted by molar-refractivity contribution is 0.111. The minimum absolute atomic E-state index is 0.285. The zero-order valence-electron chi connectivity index (χ0n) is 8.51. The van der Waals surface area contributed by atoms with Gasteiger partial charge in [0.1, 0.15) is 11.5 Å². The van der Waals surface area contributed by atoms with Crippen LogP contribution in [0.5, 0.6) is 0 Å². The van der Waals surface area contributed by atoms with Crippen molar-refractivity contribution in [2.45, 2.75) is 0 Å². The van der Waals surface area contributed by atoms with Gasteiger partial charge in [-0.2, -0.15) is 0 Å². The SMILES string of the molecule is Cn1c2cc(F)ccc2n2cc(C=O)nc12. The predicted molar refractivity (Wildman–Crippen MR) is 57.0 cm³/mol. The molecular weight excluding hydrogens is 209 g/mol. The Kier molecular flexibility index (Phi) is 1.65. The summed E-state index contributed by atoms with van der Waals surface area (Å²) in [5.41, 5.74) is 1.95. The first-order valence-corrected chi connectivity index (χ1v) is 4.79. The molecule has 4 nitrogen and oxygen atoms in total. The Balaban J connectivity index is 2.52. The zero-order valence-corrected chi connectivity index (χ0v) is 8.51. The molecule has 0 aliphatic rings. The van der Waals surface area contributed by atoms with Crippen molar-refractivity contribution in [3.05, 3.63) is 35.9 Å². The van der Waals surface area contributed by atoms with Crippen LogP contribution in [-0.2, 0) is 7.05 Å². The average molecular weight is 217 g/mol. The largest absolute Gasteiger partial charge is 0.313 e. The summed E-state index contributed by atoms with van der Waals surface area (Å²) in [5, 5.41) is 0. The van der Waals surface area contributed by atoms with E-state index in [9.17, 15) is 9.18 Å². The topological polar surface area (TPSA) is 39.3 Å². The number of aldehydes is 1. The number of benzene rings is 1. The molecule has 2 heterocycles. The fourth-order valence-electron chi connectivity index (χ4n) is 1.94. The van der Waals surface area contributed by atoms with E-state index in [-0.39, 0.29) is 5.82 Å².